The average molecular weight is 243 g/mol. The molecule has 3 heterocycles. The van der Waals surface area contributed by atoms with Crippen molar-refractivity contribution in [2.24, 2.45) is 5.92 Å². The van der Waals surface area contributed by atoms with Crippen LogP contribution in [0, 0.1) is 5.92 Å². The maximum absolute atomic E-state index is 4.69. The summed E-state index contributed by atoms with van der Waals surface area (Å²) in [5, 5.41) is 0. The van der Waals surface area contributed by atoms with Crippen LogP contribution in [0.15, 0.2) is 30.6 Å². The summed E-state index contributed by atoms with van der Waals surface area (Å²) in [5.41, 5.74) is 2.29. The highest BCUT2D eigenvalue weighted by Crippen LogP contribution is 2.22. The van der Waals surface area contributed by atoms with Crippen molar-refractivity contribution in [3.63, 3.8) is 0 Å². The Morgan fingerprint density at radius 3 is 3.00 bits per heavy atom. The summed E-state index contributed by atoms with van der Waals surface area (Å²) < 4.78 is 2.12. The molecule has 0 saturated carbocycles. The second-order valence-electron chi connectivity index (χ2n) is 5.65. The molecule has 3 rings (SSSR count). The maximum atomic E-state index is 4.69. The van der Waals surface area contributed by atoms with Crippen molar-refractivity contribution in [2.45, 2.75) is 32.7 Å². The lowest BCUT2D eigenvalue weighted by atomic mass is 10.0. The van der Waals surface area contributed by atoms with E-state index in [2.05, 4.69) is 47.7 Å². The van der Waals surface area contributed by atoms with Crippen LogP contribution in [0.25, 0.3) is 5.65 Å². The highest BCUT2D eigenvalue weighted by atomic mass is 15.2. The quantitative estimate of drug-likeness (QED) is 0.826. The van der Waals surface area contributed by atoms with Crippen LogP contribution in [0.2, 0.25) is 0 Å². The molecule has 0 aromatic carbocycles. The second-order valence-corrected chi connectivity index (χ2v) is 5.65. The number of aromatic nitrogens is 2. The van der Waals surface area contributed by atoms with Gasteiger partial charge in [0.25, 0.3) is 0 Å². The van der Waals surface area contributed by atoms with Crippen molar-refractivity contribution in [2.75, 3.05) is 13.1 Å². The monoisotopic (exact) mass is 243 g/mol. The molecular weight excluding hydrogens is 222 g/mol. The van der Waals surface area contributed by atoms with Gasteiger partial charge in [0.05, 0.1) is 5.69 Å². The van der Waals surface area contributed by atoms with Gasteiger partial charge in [-0.05, 0) is 51.3 Å². The first kappa shape index (κ1) is 11.7. The molecule has 1 unspecified atom stereocenters. The van der Waals surface area contributed by atoms with Gasteiger partial charge >= 0.3 is 0 Å². The number of hydrogen-bond acceptors (Lipinski definition) is 2. The van der Waals surface area contributed by atoms with Crippen molar-refractivity contribution in [3.05, 3.63) is 36.3 Å². The minimum Gasteiger partial charge on any atom is -0.307 e. The molecule has 1 saturated heterocycles. The Morgan fingerprint density at radius 1 is 1.39 bits per heavy atom. The third kappa shape index (κ3) is 2.27. The zero-order chi connectivity index (χ0) is 12.5. The van der Waals surface area contributed by atoms with E-state index in [9.17, 15) is 0 Å². The van der Waals surface area contributed by atoms with E-state index in [1.807, 2.05) is 6.07 Å². The minimum absolute atomic E-state index is 0.677. The molecule has 0 spiro atoms. The van der Waals surface area contributed by atoms with Crippen molar-refractivity contribution in [1.82, 2.24) is 14.3 Å². The SMILES string of the molecule is CC(C)N1CCC(Cc2cn3ccccc3n2)C1. The number of fused-ring (bicyclic) bond motifs is 1. The molecular formula is C15H21N3. The summed E-state index contributed by atoms with van der Waals surface area (Å²) in [4.78, 5) is 7.26. The predicted octanol–water partition coefficient (Wildman–Crippen LogP) is 2.61. The van der Waals surface area contributed by atoms with Crippen molar-refractivity contribution in [1.29, 1.82) is 0 Å². The molecule has 3 nitrogen and oxygen atoms in total. The molecule has 2 aromatic heterocycles. The minimum atomic E-state index is 0.677. The van der Waals surface area contributed by atoms with E-state index in [-0.39, 0.29) is 0 Å². The molecule has 1 aliphatic rings. The summed E-state index contributed by atoms with van der Waals surface area (Å²) in [5.74, 6) is 0.775. The molecule has 0 radical (unpaired) electrons. The topological polar surface area (TPSA) is 20.5 Å². The lowest BCUT2D eigenvalue weighted by Gasteiger charge is -2.19. The van der Waals surface area contributed by atoms with E-state index in [0.717, 1.165) is 18.0 Å². The molecule has 18 heavy (non-hydrogen) atoms. The van der Waals surface area contributed by atoms with Crippen LogP contribution in [0.3, 0.4) is 0 Å². The first-order valence-corrected chi connectivity index (χ1v) is 6.89. The summed E-state index contributed by atoms with van der Waals surface area (Å²) >= 11 is 0. The van der Waals surface area contributed by atoms with E-state index < -0.39 is 0 Å². The normalized spacial score (nSPS) is 21.2. The van der Waals surface area contributed by atoms with Crippen molar-refractivity contribution in [3.8, 4) is 0 Å². The number of likely N-dealkylation sites (tertiary alicyclic amines) is 1. The summed E-state index contributed by atoms with van der Waals surface area (Å²) in [6, 6.07) is 6.84. The van der Waals surface area contributed by atoms with E-state index >= 15 is 0 Å². The first-order valence-electron chi connectivity index (χ1n) is 6.89. The smallest absolute Gasteiger partial charge is 0.136 e. The number of hydrogen-bond donors (Lipinski definition) is 0. The van der Waals surface area contributed by atoms with Crippen molar-refractivity contribution < 1.29 is 0 Å². The molecule has 1 atom stereocenters. The molecule has 0 N–H and O–H groups in total. The fraction of sp³-hybridized carbons (Fsp3) is 0.533. The number of imidazole rings is 1. The van der Waals surface area contributed by atoms with Gasteiger partial charge in [0.1, 0.15) is 5.65 Å². The number of rotatable bonds is 3. The van der Waals surface area contributed by atoms with Gasteiger partial charge in [-0.2, -0.15) is 0 Å². The fourth-order valence-electron chi connectivity index (χ4n) is 2.88. The van der Waals surface area contributed by atoms with Gasteiger partial charge in [-0.3, -0.25) is 0 Å². The zero-order valence-electron chi connectivity index (χ0n) is 11.2. The molecule has 0 amide bonds. The summed E-state index contributed by atoms with van der Waals surface area (Å²) in [6.45, 7) is 7.04. The Labute approximate surface area is 108 Å². The van der Waals surface area contributed by atoms with Gasteiger partial charge in [0.15, 0.2) is 0 Å². The van der Waals surface area contributed by atoms with Gasteiger partial charge < -0.3 is 9.30 Å². The van der Waals surface area contributed by atoms with E-state index in [1.54, 1.807) is 0 Å². The van der Waals surface area contributed by atoms with Crippen molar-refractivity contribution >= 4 is 5.65 Å². The Morgan fingerprint density at radius 2 is 2.28 bits per heavy atom. The lowest BCUT2D eigenvalue weighted by Crippen LogP contribution is -2.28. The van der Waals surface area contributed by atoms with Gasteiger partial charge in [-0.1, -0.05) is 6.07 Å². The van der Waals surface area contributed by atoms with E-state index in [4.69, 9.17) is 4.98 Å². The highest BCUT2D eigenvalue weighted by Gasteiger charge is 2.24. The van der Waals surface area contributed by atoms with Crippen LogP contribution in [-0.4, -0.2) is 33.4 Å². The summed E-state index contributed by atoms with van der Waals surface area (Å²) in [6.07, 6.45) is 6.67. The molecule has 3 heteroatoms. The lowest BCUT2D eigenvalue weighted by molar-refractivity contribution is 0.265. The third-order valence-electron chi connectivity index (χ3n) is 3.96. The highest BCUT2D eigenvalue weighted by molar-refractivity contribution is 5.39. The van der Waals surface area contributed by atoms with E-state index in [0.29, 0.717) is 6.04 Å². The van der Waals surface area contributed by atoms with Crippen LogP contribution in [0.4, 0.5) is 0 Å². The third-order valence-corrected chi connectivity index (χ3v) is 3.96. The Hall–Kier alpha value is -1.35. The molecule has 1 fully saturated rings. The fourth-order valence-corrected chi connectivity index (χ4v) is 2.88. The second kappa shape index (κ2) is 4.73. The zero-order valence-corrected chi connectivity index (χ0v) is 11.2. The number of pyridine rings is 1. The number of nitrogens with zero attached hydrogens (tertiary/aromatic N) is 3. The van der Waals surface area contributed by atoms with Gasteiger partial charge in [-0.25, -0.2) is 4.98 Å². The molecule has 96 valence electrons. The summed E-state index contributed by atoms with van der Waals surface area (Å²) in [7, 11) is 0. The largest absolute Gasteiger partial charge is 0.307 e. The predicted molar refractivity (Wildman–Crippen MR) is 73.7 cm³/mol. The van der Waals surface area contributed by atoms with Crippen LogP contribution in [-0.2, 0) is 6.42 Å². The van der Waals surface area contributed by atoms with Crippen LogP contribution < -0.4 is 0 Å². The Kier molecular flexibility index (Phi) is 3.08. The maximum Gasteiger partial charge on any atom is 0.136 e. The van der Waals surface area contributed by atoms with Crippen LogP contribution >= 0.6 is 0 Å². The Balaban J connectivity index is 1.70. The standard InChI is InChI=1S/C15H21N3/c1-12(2)17-8-6-13(10-17)9-14-11-18-7-4-3-5-15(18)16-14/h3-5,7,11-13H,6,8-10H2,1-2H3. The van der Waals surface area contributed by atoms with Crippen LogP contribution in [0.1, 0.15) is 26.0 Å². The van der Waals surface area contributed by atoms with Gasteiger partial charge in [-0.15, -0.1) is 0 Å². The van der Waals surface area contributed by atoms with Gasteiger partial charge in [0, 0.05) is 25.0 Å². The molecule has 1 aliphatic heterocycles. The molecule has 0 aliphatic carbocycles. The average Bonchev–Trinajstić information content (AvgIpc) is 2.94. The van der Waals surface area contributed by atoms with Crippen LogP contribution in [0.5, 0.6) is 0 Å². The first-order chi connectivity index (χ1) is 8.72. The molecule has 0 bridgehead atoms. The van der Waals surface area contributed by atoms with E-state index in [1.165, 1.54) is 25.2 Å². The van der Waals surface area contributed by atoms with Gasteiger partial charge in [0.2, 0.25) is 0 Å². The molecule has 2 aromatic rings. The Bertz CT molecular complexity index is 496.